The van der Waals surface area contributed by atoms with Gasteiger partial charge in [-0.15, -0.1) is 0 Å². The molecular weight excluding hydrogens is 246 g/mol. The van der Waals surface area contributed by atoms with E-state index in [0.29, 0.717) is 5.75 Å². The van der Waals surface area contributed by atoms with Crippen LogP contribution < -0.4 is 9.47 Å². The molecule has 1 fully saturated rings. The second-order valence-corrected chi connectivity index (χ2v) is 5.44. The minimum absolute atomic E-state index is 0.139. The zero-order valence-electron chi connectivity index (χ0n) is 11.0. The molecule has 1 aromatic carbocycles. The number of carboxylic acid groups (broad SMARTS) is 1. The Kier molecular flexibility index (Phi) is 2.67. The maximum absolute atomic E-state index is 11.6. The molecule has 0 bridgehead atoms. The van der Waals surface area contributed by atoms with Crippen molar-refractivity contribution in [3.05, 3.63) is 23.8 Å². The standard InChI is InChI=1S/C14H17NO4/c1-15(2)12(14(5-6-14)13(16)17)9-3-4-10-11(7-9)19-8-18-10/h3-4,7,12H,5-6,8H2,1-2H3,(H,16,17). The minimum atomic E-state index is -0.719. The summed E-state index contributed by atoms with van der Waals surface area (Å²) in [5.41, 5.74) is 0.311. The molecule has 1 heterocycles. The van der Waals surface area contributed by atoms with E-state index in [1.54, 1.807) is 0 Å². The van der Waals surface area contributed by atoms with Crippen molar-refractivity contribution >= 4 is 5.97 Å². The molecular formula is C14H17NO4. The summed E-state index contributed by atoms with van der Waals surface area (Å²) >= 11 is 0. The number of rotatable bonds is 4. The normalized spacial score (nSPS) is 20.4. The third-order valence-electron chi connectivity index (χ3n) is 3.97. The Labute approximate surface area is 111 Å². The van der Waals surface area contributed by atoms with Crippen LogP contribution in [0.2, 0.25) is 0 Å². The summed E-state index contributed by atoms with van der Waals surface area (Å²) in [6, 6.07) is 5.54. The number of fused-ring (bicyclic) bond motifs is 1. The van der Waals surface area contributed by atoms with E-state index in [-0.39, 0.29) is 12.8 Å². The van der Waals surface area contributed by atoms with Crippen LogP contribution in [-0.4, -0.2) is 36.9 Å². The molecule has 5 nitrogen and oxygen atoms in total. The molecule has 102 valence electrons. The second-order valence-electron chi connectivity index (χ2n) is 5.44. The van der Waals surface area contributed by atoms with E-state index in [4.69, 9.17) is 9.47 Å². The zero-order chi connectivity index (χ0) is 13.6. The van der Waals surface area contributed by atoms with Gasteiger partial charge < -0.3 is 19.5 Å². The molecule has 5 heteroatoms. The van der Waals surface area contributed by atoms with Crippen LogP contribution in [-0.2, 0) is 4.79 Å². The van der Waals surface area contributed by atoms with Gasteiger partial charge in [-0.1, -0.05) is 6.07 Å². The molecule has 19 heavy (non-hydrogen) atoms. The highest BCUT2D eigenvalue weighted by Crippen LogP contribution is 2.57. The van der Waals surface area contributed by atoms with Gasteiger partial charge in [-0.05, 0) is 44.6 Å². The Hall–Kier alpha value is -1.75. The molecule has 1 aliphatic carbocycles. The van der Waals surface area contributed by atoms with Gasteiger partial charge in [-0.2, -0.15) is 0 Å². The number of hydrogen-bond donors (Lipinski definition) is 1. The van der Waals surface area contributed by atoms with E-state index in [1.165, 1.54) is 0 Å². The SMILES string of the molecule is CN(C)C(c1ccc2c(c1)OCO2)C1(C(=O)O)CC1. The molecule has 1 N–H and O–H groups in total. The lowest BCUT2D eigenvalue weighted by Crippen LogP contribution is -2.33. The van der Waals surface area contributed by atoms with E-state index < -0.39 is 11.4 Å². The Bertz CT molecular complexity index is 522. The lowest BCUT2D eigenvalue weighted by Gasteiger charge is -2.30. The first-order valence-electron chi connectivity index (χ1n) is 6.34. The largest absolute Gasteiger partial charge is 0.481 e. The number of hydrogen-bond acceptors (Lipinski definition) is 4. The highest BCUT2D eigenvalue weighted by Gasteiger charge is 2.57. The predicted octanol–water partition coefficient (Wildman–Crippen LogP) is 1.88. The number of aliphatic carboxylic acids is 1. The van der Waals surface area contributed by atoms with Crippen molar-refractivity contribution in [1.29, 1.82) is 0 Å². The van der Waals surface area contributed by atoms with Crippen molar-refractivity contribution in [2.45, 2.75) is 18.9 Å². The highest BCUT2D eigenvalue weighted by atomic mass is 16.7. The Morgan fingerprint density at radius 2 is 2.00 bits per heavy atom. The number of benzene rings is 1. The summed E-state index contributed by atoms with van der Waals surface area (Å²) in [7, 11) is 3.83. The van der Waals surface area contributed by atoms with Crippen molar-refractivity contribution in [2.75, 3.05) is 20.9 Å². The smallest absolute Gasteiger partial charge is 0.311 e. The molecule has 1 unspecified atom stereocenters. The van der Waals surface area contributed by atoms with Crippen molar-refractivity contribution in [3.63, 3.8) is 0 Å². The third-order valence-corrected chi connectivity index (χ3v) is 3.97. The third kappa shape index (κ3) is 1.85. The van der Waals surface area contributed by atoms with Gasteiger partial charge in [-0.25, -0.2) is 0 Å². The molecule has 3 rings (SSSR count). The van der Waals surface area contributed by atoms with Gasteiger partial charge in [-0.3, -0.25) is 4.79 Å². The summed E-state index contributed by atoms with van der Waals surface area (Å²) in [5, 5.41) is 9.50. The summed E-state index contributed by atoms with van der Waals surface area (Å²) in [5.74, 6) is 0.704. The fourth-order valence-electron chi connectivity index (χ4n) is 2.93. The Balaban J connectivity index is 1.99. The van der Waals surface area contributed by atoms with Gasteiger partial charge in [0.05, 0.1) is 11.5 Å². The van der Waals surface area contributed by atoms with Crippen LogP contribution >= 0.6 is 0 Å². The van der Waals surface area contributed by atoms with E-state index in [9.17, 15) is 9.90 Å². The predicted molar refractivity (Wildman–Crippen MR) is 68.3 cm³/mol. The molecule has 1 aliphatic heterocycles. The van der Waals surface area contributed by atoms with Crippen LogP contribution in [0.1, 0.15) is 24.4 Å². The quantitative estimate of drug-likeness (QED) is 0.898. The molecule has 1 saturated carbocycles. The number of carbonyl (C=O) groups is 1. The van der Waals surface area contributed by atoms with Gasteiger partial charge in [0.2, 0.25) is 6.79 Å². The maximum Gasteiger partial charge on any atom is 0.311 e. The van der Waals surface area contributed by atoms with Crippen LogP contribution in [0.3, 0.4) is 0 Å². The van der Waals surface area contributed by atoms with E-state index >= 15 is 0 Å². The molecule has 2 aliphatic rings. The van der Waals surface area contributed by atoms with Crippen molar-refractivity contribution in [1.82, 2.24) is 4.90 Å². The van der Waals surface area contributed by atoms with E-state index in [0.717, 1.165) is 24.2 Å². The fraction of sp³-hybridized carbons (Fsp3) is 0.500. The van der Waals surface area contributed by atoms with Gasteiger partial charge in [0, 0.05) is 0 Å². The van der Waals surface area contributed by atoms with E-state index in [1.807, 2.05) is 37.2 Å². The van der Waals surface area contributed by atoms with E-state index in [2.05, 4.69) is 0 Å². The van der Waals surface area contributed by atoms with Gasteiger partial charge in [0.15, 0.2) is 11.5 Å². The summed E-state index contributed by atoms with van der Waals surface area (Å²) < 4.78 is 10.7. The molecule has 0 amide bonds. The fourth-order valence-corrected chi connectivity index (χ4v) is 2.93. The molecule has 0 aromatic heterocycles. The first-order chi connectivity index (χ1) is 9.04. The first-order valence-corrected chi connectivity index (χ1v) is 6.34. The first kappa shape index (κ1) is 12.3. The van der Waals surface area contributed by atoms with Crippen molar-refractivity contribution < 1.29 is 19.4 Å². The van der Waals surface area contributed by atoms with Crippen molar-refractivity contribution in [3.8, 4) is 11.5 Å². The lowest BCUT2D eigenvalue weighted by molar-refractivity contribution is -0.146. The second kappa shape index (κ2) is 4.13. The molecule has 0 radical (unpaired) electrons. The molecule has 0 spiro atoms. The zero-order valence-corrected chi connectivity index (χ0v) is 11.0. The lowest BCUT2D eigenvalue weighted by atomic mass is 9.89. The van der Waals surface area contributed by atoms with Gasteiger partial charge >= 0.3 is 5.97 Å². The average molecular weight is 263 g/mol. The van der Waals surface area contributed by atoms with Crippen LogP contribution in [0.25, 0.3) is 0 Å². The average Bonchev–Trinajstić information content (AvgIpc) is 3.01. The van der Waals surface area contributed by atoms with Crippen molar-refractivity contribution in [2.24, 2.45) is 5.41 Å². The molecule has 1 aromatic rings. The number of ether oxygens (including phenoxy) is 2. The Morgan fingerprint density at radius 3 is 2.58 bits per heavy atom. The number of nitrogens with zero attached hydrogens (tertiary/aromatic N) is 1. The van der Waals surface area contributed by atoms with Crippen LogP contribution in [0.5, 0.6) is 11.5 Å². The highest BCUT2D eigenvalue weighted by molar-refractivity contribution is 5.79. The van der Waals surface area contributed by atoms with Crippen LogP contribution in [0.4, 0.5) is 0 Å². The van der Waals surface area contributed by atoms with Gasteiger partial charge in [0.25, 0.3) is 0 Å². The van der Waals surface area contributed by atoms with Crippen LogP contribution in [0.15, 0.2) is 18.2 Å². The maximum atomic E-state index is 11.6. The monoisotopic (exact) mass is 263 g/mol. The summed E-state index contributed by atoms with van der Waals surface area (Å²) in [6.45, 7) is 0.232. The topological polar surface area (TPSA) is 59.0 Å². The minimum Gasteiger partial charge on any atom is -0.481 e. The van der Waals surface area contributed by atoms with Crippen LogP contribution in [0, 0.1) is 5.41 Å². The molecule has 1 atom stereocenters. The summed E-state index contributed by atoms with van der Waals surface area (Å²) in [6.07, 6.45) is 1.44. The summed E-state index contributed by atoms with van der Waals surface area (Å²) in [4.78, 5) is 13.5. The Morgan fingerprint density at radius 1 is 1.32 bits per heavy atom. The van der Waals surface area contributed by atoms with Gasteiger partial charge in [0.1, 0.15) is 0 Å². The molecule has 0 saturated heterocycles. The number of carboxylic acids is 1.